The Kier molecular flexibility index (Phi) is 5.12. The number of Topliss-reactive ketones (excluding diaryl/α,β-unsaturated/α-hetero) is 1. The first-order valence-corrected chi connectivity index (χ1v) is 7.79. The van der Waals surface area contributed by atoms with Crippen molar-refractivity contribution in [3.05, 3.63) is 102 Å². The molecule has 0 amide bonds. The van der Waals surface area contributed by atoms with E-state index in [1.54, 1.807) is 42.6 Å². The number of carbonyl (C=O) groups excluding carboxylic acids is 1. The predicted molar refractivity (Wildman–Crippen MR) is 99.5 cm³/mol. The van der Waals surface area contributed by atoms with E-state index < -0.39 is 0 Å². The van der Waals surface area contributed by atoms with Gasteiger partial charge in [-0.2, -0.15) is 5.10 Å². The normalized spacial score (nSPS) is 11.6. The van der Waals surface area contributed by atoms with E-state index in [0.29, 0.717) is 11.1 Å². The molecule has 4 heteroatoms. The van der Waals surface area contributed by atoms with Gasteiger partial charge in [0, 0.05) is 11.1 Å². The lowest BCUT2D eigenvalue weighted by molar-refractivity contribution is 0.106. The van der Waals surface area contributed by atoms with Crippen LogP contribution < -0.4 is 0 Å². The van der Waals surface area contributed by atoms with Crippen molar-refractivity contribution in [2.75, 3.05) is 0 Å². The molecule has 0 spiro atoms. The first-order chi connectivity index (χ1) is 12.2. The van der Waals surface area contributed by atoms with Gasteiger partial charge in [0.05, 0.1) is 6.21 Å². The van der Waals surface area contributed by atoms with E-state index in [9.17, 15) is 9.90 Å². The maximum absolute atomic E-state index is 12.8. The van der Waals surface area contributed by atoms with Crippen molar-refractivity contribution in [1.29, 1.82) is 0 Å². The third-order valence-corrected chi connectivity index (χ3v) is 3.56. The second kappa shape index (κ2) is 7.84. The number of carbonyl (C=O) groups is 1. The Balaban J connectivity index is 1.94. The maximum atomic E-state index is 12.8. The van der Waals surface area contributed by atoms with Gasteiger partial charge in [-0.3, -0.25) is 4.79 Å². The van der Waals surface area contributed by atoms with Crippen LogP contribution >= 0.6 is 0 Å². The summed E-state index contributed by atoms with van der Waals surface area (Å²) in [7, 11) is 0. The molecular formula is C21H16N2O2. The summed E-state index contributed by atoms with van der Waals surface area (Å²) >= 11 is 0. The van der Waals surface area contributed by atoms with Crippen molar-refractivity contribution in [1.82, 2.24) is 0 Å². The maximum Gasteiger partial charge on any atom is 0.213 e. The fourth-order valence-corrected chi connectivity index (χ4v) is 2.27. The van der Waals surface area contributed by atoms with Gasteiger partial charge < -0.3 is 5.11 Å². The number of phenolic OH excluding ortho intramolecular Hbond substituents is 1. The van der Waals surface area contributed by atoms with Gasteiger partial charge in [-0.05, 0) is 29.8 Å². The number of nitrogens with zero attached hydrogens (tertiary/aromatic N) is 2. The molecule has 0 aliphatic rings. The van der Waals surface area contributed by atoms with Gasteiger partial charge in [0.15, 0.2) is 0 Å². The van der Waals surface area contributed by atoms with E-state index in [4.69, 9.17) is 0 Å². The van der Waals surface area contributed by atoms with Crippen LogP contribution in [-0.4, -0.2) is 22.8 Å². The molecule has 3 aromatic carbocycles. The Morgan fingerprint density at radius 2 is 1.32 bits per heavy atom. The molecule has 0 saturated carbocycles. The summed E-state index contributed by atoms with van der Waals surface area (Å²) < 4.78 is 0. The van der Waals surface area contributed by atoms with Crippen LogP contribution in [0.25, 0.3) is 0 Å². The second-order valence-corrected chi connectivity index (χ2v) is 5.35. The van der Waals surface area contributed by atoms with Crippen LogP contribution in [0.15, 0.2) is 95.1 Å². The van der Waals surface area contributed by atoms with Gasteiger partial charge in [0.25, 0.3) is 0 Å². The minimum Gasteiger partial charge on any atom is -0.508 e. The van der Waals surface area contributed by atoms with Crippen LogP contribution in [0.4, 0.5) is 0 Å². The summed E-state index contributed by atoms with van der Waals surface area (Å²) in [5.41, 5.74) is 2.33. The molecule has 0 atom stereocenters. The van der Waals surface area contributed by atoms with Crippen molar-refractivity contribution >= 4 is 17.7 Å². The van der Waals surface area contributed by atoms with Crippen LogP contribution in [0, 0.1) is 0 Å². The highest BCUT2D eigenvalue weighted by Gasteiger charge is 2.15. The van der Waals surface area contributed by atoms with Gasteiger partial charge in [-0.25, -0.2) is 0 Å². The van der Waals surface area contributed by atoms with Crippen LogP contribution in [0.3, 0.4) is 0 Å². The van der Waals surface area contributed by atoms with E-state index in [-0.39, 0.29) is 17.2 Å². The fraction of sp³-hybridized carbons (Fsp3) is 0. The van der Waals surface area contributed by atoms with Crippen LogP contribution in [-0.2, 0) is 0 Å². The number of benzene rings is 3. The molecule has 0 fully saturated rings. The third-order valence-electron chi connectivity index (χ3n) is 3.56. The van der Waals surface area contributed by atoms with Crippen LogP contribution in [0.5, 0.6) is 5.75 Å². The Hall–Kier alpha value is -3.53. The standard InChI is InChI=1S/C21H16N2O2/c24-19-13-11-16(12-14-19)15-22-23-20(17-7-3-1-4-8-17)21(25)18-9-5-2-6-10-18/h1-15,24H/b22-15+,23-20+. The summed E-state index contributed by atoms with van der Waals surface area (Å²) in [6.07, 6.45) is 1.54. The molecule has 3 aromatic rings. The minimum absolute atomic E-state index is 0.185. The lowest BCUT2D eigenvalue weighted by atomic mass is 10.0. The van der Waals surface area contributed by atoms with Crippen molar-refractivity contribution in [2.24, 2.45) is 10.2 Å². The van der Waals surface area contributed by atoms with E-state index in [1.807, 2.05) is 48.5 Å². The molecule has 0 unspecified atom stereocenters. The minimum atomic E-state index is -0.186. The lowest BCUT2D eigenvalue weighted by Gasteiger charge is -2.04. The number of rotatable bonds is 5. The Bertz CT molecular complexity index is 900. The highest BCUT2D eigenvalue weighted by atomic mass is 16.3. The van der Waals surface area contributed by atoms with Crippen LogP contribution in [0.1, 0.15) is 21.5 Å². The van der Waals surface area contributed by atoms with Gasteiger partial charge in [0.1, 0.15) is 11.5 Å². The van der Waals surface area contributed by atoms with E-state index >= 15 is 0 Å². The van der Waals surface area contributed by atoms with E-state index in [2.05, 4.69) is 10.2 Å². The van der Waals surface area contributed by atoms with Crippen molar-refractivity contribution in [3.63, 3.8) is 0 Å². The molecule has 0 aromatic heterocycles. The van der Waals surface area contributed by atoms with Gasteiger partial charge in [-0.15, -0.1) is 5.10 Å². The average Bonchev–Trinajstić information content (AvgIpc) is 2.67. The van der Waals surface area contributed by atoms with Gasteiger partial charge in [-0.1, -0.05) is 60.7 Å². The van der Waals surface area contributed by atoms with Crippen LogP contribution in [0.2, 0.25) is 0 Å². The zero-order valence-corrected chi connectivity index (χ0v) is 13.4. The van der Waals surface area contributed by atoms with E-state index in [0.717, 1.165) is 5.56 Å². The summed E-state index contributed by atoms with van der Waals surface area (Å²) in [5.74, 6) is -0.000428. The smallest absolute Gasteiger partial charge is 0.213 e. The number of hydrogen-bond donors (Lipinski definition) is 1. The molecule has 25 heavy (non-hydrogen) atoms. The summed E-state index contributed by atoms with van der Waals surface area (Å²) in [5, 5.41) is 17.5. The van der Waals surface area contributed by atoms with Gasteiger partial charge in [0.2, 0.25) is 5.78 Å². The van der Waals surface area contributed by atoms with Crippen molar-refractivity contribution < 1.29 is 9.90 Å². The highest BCUT2D eigenvalue weighted by Crippen LogP contribution is 2.10. The third kappa shape index (κ3) is 4.26. The SMILES string of the molecule is O=C(/C(=N/N=C/c1ccc(O)cc1)c1ccccc1)c1ccccc1. The highest BCUT2D eigenvalue weighted by molar-refractivity contribution is 6.51. The molecule has 1 N–H and O–H groups in total. The number of hydrogen-bond acceptors (Lipinski definition) is 4. The summed E-state index contributed by atoms with van der Waals surface area (Å²) in [4.78, 5) is 12.8. The first kappa shape index (κ1) is 16.3. The molecule has 0 aliphatic heterocycles. The van der Waals surface area contributed by atoms with Gasteiger partial charge >= 0.3 is 0 Å². The molecule has 3 rings (SSSR count). The molecule has 4 nitrogen and oxygen atoms in total. The molecule has 0 bridgehead atoms. The molecule has 122 valence electrons. The molecule has 0 aliphatic carbocycles. The zero-order valence-electron chi connectivity index (χ0n) is 13.4. The van der Waals surface area contributed by atoms with E-state index in [1.165, 1.54) is 0 Å². The van der Waals surface area contributed by atoms with Crippen molar-refractivity contribution in [2.45, 2.75) is 0 Å². The lowest BCUT2D eigenvalue weighted by Crippen LogP contribution is -2.15. The molecule has 0 saturated heterocycles. The molecular weight excluding hydrogens is 312 g/mol. The monoisotopic (exact) mass is 328 g/mol. The van der Waals surface area contributed by atoms with Crippen molar-refractivity contribution in [3.8, 4) is 5.75 Å². The predicted octanol–water partition coefficient (Wildman–Crippen LogP) is 4.10. The Morgan fingerprint density at radius 3 is 1.92 bits per heavy atom. The number of ketones is 1. The zero-order chi connectivity index (χ0) is 17.5. The summed E-state index contributed by atoms with van der Waals surface area (Å²) in [6.45, 7) is 0. The quantitative estimate of drug-likeness (QED) is 0.435. The Morgan fingerprint density at radius 1 is 0.760 bits per heavy atom. The number of aromatic hydroxyl groups is 1. The molecule has 0 radical (unpaired) electrons. The topological polar surface area (TPSA) is 62.0 Å². The molecule has 0 heterocycles. The fourth-order valence-electron chi connectivity index (χ4n) is 2.27. The Labute approximate surface area is 145 Å². The number of phenols is 1. The average molecular weight is 328 g/mol. The largest absolute Gasteiger partial charge is 0.508 e. The second-order valence-electron chi connectivity index (χ2n) is 5.35. The first-order valence-electron chi connectivity index (χ1n) is 7.79. The summed E-state index contributed by atoms with van der Waals surface area (Å²) in [6, 6.07) is 24.8.